The van der Waals surface area contributed by atoms with Gasteiger partial charge in [0, 0.05) is 42.5 Å². The lowest BCUT2D eigenvalue weighted by atomic mass is 10.1. The molecule has 42 heavy (non-hydrogen) atoms. The molecule has 9 nitrogen and oxygen atoms in total. The van der Waals surface area contributed by atoms with E-state index in [1.165, 1.54) is 23.2 Å². The third kappa shape index (κ3) is 6.46. The van der Waals surface area contributed by atoms with Gasteiger partial charge in [-0.15, -0.1) is 0 Å². The Morgan fingerprint density at radius 2 is 1.62 bits per heavy atom. The fourth-order valence-electron chi connectivity index (χ4n) is 4.45. The Morgan fingerprint density at radius 1 is 0.881 bits per heavy atom. The molecule has 3 N–H and O–H groups in total. The van der Waals surface area contributed by atoms with Crippen LogP contribution < -0.4 is 9.62 Å². The average Bonchev–Trinajstić information content (AvgIpc) is 3.00. The van der Waals surface area contributed by atoms with Crippen molar-refractivity contribution in [3.63, 3.8) is 0 Å². The van der Waals surface area contributed by atoms with Crippen LogP contribution in [0.4, 0.5) is 5.69 Å². The van der Waals surface area contributed by atoms with Crippen LogP contribution in [0.3, 0.4) is 0 Å². The number of carbonyl (C=O) groups excluding carboxylic acids is 1. The summed E-state index contributed by atoms with van der Waals surface area (Å²) in [4.78, 5) is 23.6. The third-order valence-corrected chi connectivity index (χ3v) is 8.01. The van der Waals surface area contributed by atoms with E-state index >= 15 is 0 Å². The van der Waals surface area contributed by atoms with Crippen LogP contribution in [0.1, 0.15) is 27.0 Å². The van der Waals surface area contributed by atoms with Crippen molar-refractivity contribution in [1.82, 2.24) is 14.7 Å². The highest BCUT2D eigenvalue weighted by Crippen LogP contribution is 2.30. The molecule has 0 fully saturated rings. The minimum Gasteiger partial charge on any atom is -0.508 e. The number of aromatic hydroxyl groups is 2. The summed E-state index contributed by atoms with van der Waals surface area (Å²) in [5.41, 5.74) is 4.27. The summed E-state index contributed by atoms with van der Waals surface area (Å²) in [7, 11) is -3.79. The molecule has 0 radical (unpaired) electrons. The zero-order chi connectivity index (χ0) is 29.7. The number of pyridine rings is 2. The summed E-state index contributed by atoms with van der Waals surface area (Å²) in [5, 5.41) is 20.0. The highest BCUT2D eigenvalue weighted by Gasteiger charge is 2.22. The number of carbonyl (C=O) groups is 1. The Balaban J connectivity index is 1.40. The maximum atomic E-state index is 13.6. The van der Waals surface area contributed by atoms with Gasteiger partial charge in [-0.25, -0.2) is 13.1 Å². The van der Waals surface area contributed by atoms with Gasteiger partial charge in [-0.1, -0.05) is 48.5 Å². The Morgan fingerprint density at radius 3 is 2.29 bits per heavy atom. The summed E-state index contributed by atoms with van der Waals surface area (Å²) in [5.74, 6) is -0.903. The van der Waals surface area contributed by atoms with Crippen LogP contribution in [-0.2, 0) is 23.1 Å². The van der Waals surface area contributed by atoms with Gasteiger partial charge in [0.2, 0.25) is 10.0 Å². The highest BCUT2D eigenvalue weighted by molar-refractivity contribution is 7.89. The molecule has 0 spiro atoms. The van der Waals surface area contributed by atoms with Crippen LogP contribution in [0.2, 0.25) is 0 Å². The lowest BCUT2D eigenvalue weighted by molar-refractivity contribution is 0.0982. The van der Waals surface area contributed by atoms with Gasteiger partial charge in [-0.2, -0.15) is 0 Å². The molecule has 1 amide bonds. The van der Waals surface area contributed by atoms with Gasteiger partial charge in [-0.05, 0) is 60.0 Å². The number of phenols is 2. The van der Waals surface area contributed by atoms with E-state index in [9.17, 15) is 23.4 Å². The van der Waals surface area contributed by atoms with E-state index in [-0.39, 0.29) is 35.0 Å². The average molecular weight is 581 g/mol. The summed E-state index contributed by atoms with van der Waals surface area (Å²) < 4.78 is 28.3. The van der Waals surface area contributed by atoms with Crippen LogP contribution >= 0.6 is 0 Å². The second-order valence-electron chi connectivity index (χ2n) is 9.65. The van der Waals surface area contributed by atoms with E-state index < -0.39 is 15.9 Å². The predicted octanol–water partition coefficient (Wildman–Crippen LogP) is 5.19. The number of anilines is 1. The van der Waals surface area contributed by atoms with Crippen molar-refractivity contribution < 1.29 is 23.4 Å². The smallest absolute Gasteiger partial charge is 0.262 e. The van der Waals surface area contributed by atoms with E-state index in [4.69, 9.17) is 0 Å². The van der Waals surface area contributed by atoms with Crippen molar-refractivity contribution in [3.05, 3.63) is 132 Å². The maximum Gasteiger partial charge on any atom is 0.262 e. The Hall–Kier alpha value is -5.06. The highest BCUT2D eigenvalue weighted by atomic mass is 32.2. The topological polar surface area (TPSA) is 133 Å². The number of sulfonamides is 1. The van der Waals surface area contributed by atoms with E-state index in [1.54, 1.807) is 61.8 Å². The molecule has 2 heterocycles. The number of rotatable bonds is 9. The van der Waals surface area contributed by atoms with Crippen LogP contribution in [-0.4, -0.2) is 34.5 Å². The monoisotopic (exact) mass is 580 g/mol. The van der Waals surface area contributed by atoms with Crippen molar-refractivity contribution >= 4 is 21.6 Å². The number of hydrogen-bond acceptors (Lipinski definition) is 7. The van der Waals surface area contributed by atoms with Gasteiger partial charge in [0.15, 0.2) is 0 Å². The number of amides is 1. The molecule has 0 aliphatic carbocycles. The lowest BCUT2D eigenvalue weighted by Gasteiger charge is -2.24. The van der Waals surface area contributed by atoms with Crippen molar-refractivity contribution in [3.8, 4) is 22.8 Å². The molecule has 0 saturated heterocycles. The number of phenolic OH excluding ortho intramolecular Hbond substituents is 2. The van der Waals surface area contributed by atoms with E-state index in [0.29, 0.717) is 16.9 Å². The molecule has 3 aromatic carbocycles. The van der Waals surface area contributed by atoms with Gasteiger partial charge in [-0.3, -0.25) is 14.8 Å². The predicted molar refractivity (Wildman–Crippen MR) is 159 cm³/mol. The minimum atomic E-state index is -3.79. The zero-order valence-electron chi connectivity index (χ0n) is 22.7. The van der Waals surface area contributed by atoms with Gasteiger partial charge < -0.3 is 15.1 Å². The van der Waals surface area contributed by atoms with Gasteiger partial charge in [0.05, 0.1) is 17.8 Å². The first-order chi connectivity index (χ1) is 20.2. The quantitative estimate of drug-likeness (QED) is 0.219. The second kappa shape index (κ2) is 12.2. The molecule has 2 aromatic heterocycles. The number of nitrogens with one attached hydrogen (secondary N) is 1. The molecule has 0 saturated carbocycles. The van der Waals surface area contributed by atoms with Crippen molar-refractivity contribution in [1.29, 1.82) is 0 Å². The molecule has 0 unspecified atom stereocenters. The third-order valence-electron chi connectivity index (χ3n) is 6.65. The normalized spacial score (nSPS) is 11.3. The van der Waals surface area contributed by atoms with Gasteiger partial charge in [0.1, 0.15) is 16.4 Å². The van der Waals surface area contributed by atoms with Gasteiger partial charge >= 0.3 is 0 Å². The Kier molecular flexibility index (Phi) is 8.28. The number of benzene rings is 3. The fraction of sp³-hybridized carbons (Fsp3) is 0.0938. The van der Waals surface area contributed by atoms with Crippen LogP contribution in [0.15, 0.2) is 114 Å². The molecule has 212 valence electrons. The first-order valence-electron chi connectivity index (χ1n) is 13.0. The minimum absolute atomic E-state index is 0.0533. The molecule has 5 rings (SSSR count). The molecule has 0 atom stereocenters. The number of nitrogens with zero attached hydrogens (tertiary/aromatic N) is 3. The van der Waals surface area contributed by atoms with Crippen LogP contribution in [0, 0.1) is 6.92 Å². The van der Waals surface area contributed by atoms with Gasteiger partial charge in [0.25, 0.3) is 5.91 Å². The van der Waals surface area contributed by atoms with Crippen molar-refractivity contribution in [2.45, 2.75) is 24.9 Å². The molecular weight excluding hydrogens is 552 g/mol. The number of aromatic nitrogens is 2. The van der Waals surface area contributed by atoms with Crippen molar-refractivity contribution in [2.24, 2.45) is 0 Å². The lowest BCUT2D eigenvalue weighted by Crippen LogP contribution is -2.30. The maximum absolute atomic E-state index is 13.6. The Labute approximate surface area is 243 Å². The first kappa shape index (κ1) is 28.5. The molecule has 0 bridgehead atoms. The van der Waals surface area contributed by atoms with E-state index in [0.717, 1.165) is 22.8 Å². The summed E-state index contributed by atoms with van der Waals surface area (Å²) in [6.45, 7) is 2.14. The fourth-order valence-corrected chi connectivity index (χ4v) is 5.50. The van der Waals surface area contributed by atoms with E-state index in [1.807, 2.05) is 30.3 Å². The molecule has 0 aliphatic rings. The molecule has 10 heteroatoms. The molecule has 5 aromatic rings. The zero-order valence-corrected chi connectivity index (χ0v) is 23.5. The second-order valence-corrected chi connectivity index (χ2v) is 11.4. The van der Waals surface area contributed by atoms with Crippen LogP contribution in [0.25, 0.3) is 11.3 Å². The standard InChI is InChI=1S/C32H28N4O5S/c1-22-16-28(42(40,41)35-19-24-8-5-15-33-18-24)20-34-31(22)25-9-11-26(12-10-25)36(21-23-6-3-2-4-7-23)32(39)29-14-13-27(37)17-30(29)38/h2-18,20,35,37-38H,19,21H2,1H3. The summed E-state index contributed by atoms with van der Waals surface area (Å²) >= 11 is 0. The SMILES string of the molecule is Cc1cc(S(=O)(=O)NCc2cccnc2)cnc1-c1ccc(N(Cc2ccccc2)C(=O)c2ccc(O)cc2O)cc1. The molecular formula is C32H28N4O5S. The Bertz CT molecular complexity index is 1810. The van der Waals surface area contributed by atoms with Crippen molar-refractivity contribution in [2.75, 3.05) is 4.90 Å². The molecule has 0 aliphatic heterocycles. The summed E-state index contributed by atoms with van der Waals surface area (Å²) in [6, 6.07) is 25.6. The number of aryl methyl sites for hydroxylation is 1. The summed E-state index contributed by atoms with van der Waals surface area (Å²) in [6.07, 6.45) is 4.54. The number of hydrogen-bond donors (Lipinski definition) is 3. The van der Waals surface area contributed by atoms with E-state index in [2.05, 4.69) is 14.7 Å². The largest absolute Gasteiger partial charge is 0.508 e. The first-order valence-corrected chi connectivity index (χ1v) is 14.5. The van der Waals surface area contributed by atoms with Crippen LogP contribution in [0.5, 0.6) is 11.5 Å².